The van der Waals surface area contributed by atoms with E-state index in [0.717, 1.165) is 70.6 Å². The summed E-state index contributed by atoms with van der Waals surface area (Å²) in [7, 11) is 0. The molecule has 0 aromatic rings. The van der Waals surface area contributed by atoms with Crippen molar-refractivity contribution in [2.75, 3.05) is 13.2 Å². The number of carbonyl (C=O) groups is 3. The van der Waals surface area contributed by atoms with Crippen LogP contribution in [0.1, 0.15) is 245 Å². The molecule has 0 aliphatic rings. The van der Waals surface area contributed by atoms with E-state index in [4.69, 9.17) is 14.2 Å². The molecular formula is C60H100O6. The maximum atomic E-state index is 12.8. The summed E-state index contributed by atoms with van der Waals surface area (Å²) in [5.41, 5.74) is 0. The van der Waals surface area contributed by atoms with E-state index in [9.17, 15) is 14.4 Å². The molecule has 6 heteroatoms. The minimum Gasteiger partial charge on any atom is -0.462 e. The fourth-order valence-electron chi connectivity index (χ4n) is 7.42. The summed E-state index contributed by atoms with van der Waals surface area (Å²) in [5.74, 6) is -0.945. The van der Waals surface area contributed by atoms with Gasteiger partial charge in [-0.15, -0.1) is 0 Å². The first-order valence-electron chi connectivity index (χ1n) is 27.3. The van der Waals surface area contributed by atoms with E-state index >= 15 is 0 Å². The predicted molar refractivity (Wildman–Crippen MR) is 284 cm³/mol. The summed E-state index contributed by atoms with van der Waals surface area (Å²) in [5, 5.41) is 0. The smallest absolute Gasteiger partial charge is 0.306 e. The highest BCUT2D eigenvalue weighted by atomic mass is 16.6. The Morgan fingerprint density at radius 2 is 0.606 bits per heavy atom. The number of rotatable bonds is 48. The summed E-state index contributed by atoms with van der Waals surface area (Å²) in [4.78, 5) is 38.0. The zero-order valence-corrected chi connectivity index (χ0v) is 42.9. The molecule has 376 valence electrons. The van der Waals surface area contributed by atoms with Gasteiger partial charge >= 0.3 is 17.9 Å². The van der Waals surface area contributed by atoms with Crippen LogP contribution in [0, 0.1) is 0 Å². The average molecular weight is 917 g/mol. The molecule has 0 bridgehead atoms. The van der Waals surface area contributed by atoms with E-state index in [0.29, 0.717) is 19.3 Å². The molecule has 0 heterocycles. The molecule has 0 aromatic heterocycles. The summed E-state index contributed by atoms with van der Waals surface area (Å²) in [6.45, 7) is 6.44. The van der Waals surface area contributed by atoms with Gasteiger partial charge in [0.1, 0.15) is 13.2 Å². The Morgan fingerprint density at radius 1 is 0.318 bits per heavy atom. The van der Waals surface area contributed by atoms with Gasteiger partial charge in [-0.2, -0.15) is 0 Å². The van der Waals surface area contributed by atoms with Crippen LogP contribution in [0.5, 0.6) is 0 Å². The zero-order chi connectivity index (χ0) is 47.9. The summed E-state index contributed by atoms with van der Waals surface area (Å²) in [6.07, 6.45) is 71.1. The van der Waals surface area contributed by atoms with Gasteiger partial charge in [0, 0.05) is 19.3 Å². The number of hydrogen-bond donors (Lipinski definition) is 0. The van der Waals surface area contributed by atoms with E-state index < -0.39 is 6.10 Å². The van der Waals surface area contributed by atoms with Crippen LogP contribution < -0.4 is 0 Å². The lowest BCUT2D eigenvalue weighted by Gasteiger charge is -2.18. The van der Waals surface area contributed by atoms with Crippen molar-refractivity contribution in [3.63, 3.8) is 0 Å². The third-order valence-corrected chi connectivity index (χ3v) is 11.5. The fourth-order valence-corrected chi connectivity index (χ4v) is 7.42. The molecule has 0 amide bonds. The van der Waals surface area contributed by atoms with Crippen molar-refractivity contribution in [2.24, 2.45) is 0 Å². The summed E-state index contributed by atoms with van der Waals surface area (Å²) < 4.78 is 16.8. The Hall–Kier alpha value is -3.67. The SMILES string of the molecule is CC\C=C/C=C\C=C/C=C\C=C\C=C/C=C\CCCCCC(=O)OCC(COC(=O)CCCCCCCCCCCC)OC(=O)CCCCCCCCC/C=C\CCCCCCCCCC. The highest BCUT2D eigenvalue weighted by Crippen LogP contribution is 2.15. The van der Waals surface area contributed by atoms with Crippen LogP contribution in [0.25, 0.3) is 0 Å². The molecular weight excluding hydrogens is 817 g/mol. The van der Waals surface area contributed by atoms with Gasteiger partial charge in [-0.1, -0.05) is 259 Å². The molecule has 0 aliphatic carbocycles. The molecule has 0 saturated carbocycles. The maximum Gasteiger partial charge on any atom is 0.306 e. The Labute approximate surface area is 407 Å². The molecule has 1 atom stereocenters. The van der Waals surface area contributed by atoms with E-state index in [2.05, 4.69) is 45.1 Å². The van der Waals surface area contributed by atoms with Gasteiger partial charge in [-0.3, -0.25) is 14.4 Å². The van der Waals surface area contributed by atoms with Crippen molar-refractivity contribution in [2.45, 2.75) is 252 Å². The van der Waals surface area contributed by atoms with Crippen LogP contribution >= 0.6 is 0 Å². The second-order valence-electron chi connectivity index (χ2n) is 17.9. The lowest BCUT2D eigenvalue weighted by atomic mass is 10.1. The number of allylic oxidation sites excluding steroid dienone is 16. The predicted octanol–water partition coefficient (Wildman–Crippen LogP) is 18.1. The number of carbonyl (C=O) groups excluding carboxylic acids is 3. The Morgan fingerprint density at radius 3 is 0.985 bits per heavy atom. The van der Waals surface area contributed by atoms with Crippen molar-refractivity contribution < 1.29 is 28.6 Å². The lowest BCUT2D eigenvalue weighted by molar-refractivity contribution is -0.167. The van der Waals surface area contributed by atoms with Gasteiger partial charge in [-0.25, -0.2) is 0 Å². The average Bonchev–Trinajstić information content (AvgIpc) is 3.31. The maximum absolute atomic E-state index is 12.8. The third-order valence-electron chi connectivity index (χ3n) is 11.5. The largest absolute Gasteiger partial charge is 0.462 e. The first-order valence-corrected chi connectivity index (χ1v) is 27.3. The van der Waals surface area contributed by atoms with Crippen molar-refractivity contribution in [3.8, 4) is 0 Å². The molecule has 0 aliphatic heterocycles. The molecule has 0 radical (unpaired) electrons. The number of esters is 3. The van der Waals surface area contributed by atoms with Gasteiger partial charge in [0.05, 0.1) is 0 Å². The van der Waals surface area contributed by atoms with Crippen LogP contribution in [0.3, 0.4) is 0 Å². The zero-order valence-electron chi connectivity index (χ0n) is 42.9. The van der Waals surface area contributed by atoms with Crippen LogP contribution in [0.2, 0.25) is 0 Å². The Balaban J connectivity index is 4.44. The highest BCUT2D eigenvalue weighted by Gasteiger charge is 2.19. The second kappa shape index (κ2) is 53.9. The quantitative estimate of drug-likeness (QED) is 0.0199. The lowest BCUT2D eigenvalue weighted by Crippen LogP contribution is -2.30. The molecule has 0 fully saturated rings. The monoisotopic (exact) mass is 917 g/mol. The number of unbranched alkanes of at least 4 members (excludes halogenated alkanes) is 27. The van der Waals surface area contributed by atoms with Crippen molar-refractivity contribution in [3.05, 3.63) is 97.2 Å². The van der Waals surface area contributed by atoms with E-state index in [1.165, 1.54) is 135 Å². The molecule has 0 N–H and O–H groups in total. The molecule has 1 unspecified atom stereocenters. The number of hydrogen-bond acceptors (Lipinski definition) is 6. The van der Waals surface area contributed by atoms with Crippen molar-refractivity contribution in [1.29, 1.82) is 0 Å². The Kier molecular flexibility index (Phi) is 50.9. The molecule has 0 spiro atoms. The topological polar surface area (TPSA) is 78.9 Å². The number of ether oxygens (including phenoxy) is 3. The second-order valence-corrected chi connectivity index (χ2v) is 17.9. The van der Waals surface area contributed by atoms with Gasteiger partial charge in [-0.05, 0) is 64.2 Å². The van der Waals surface area contributed by atoms with Gasteiger partial charge in [0.2, 0.25) is 0 Å². The molecule has 66 heavy (non-hydrogen) atoms. The third kappa shape index (κ3) is 51.3. The highest BCUT2D eigenvalue weighted by molar-refractivity contribution is 5.71. The van der Waals surface area contributed by atoms with E-state index in [1.54, 1.807) is 0 Å². The van der Waals surface area contributed by atoms with Crippen molar-refractivity contribution >= 4 is 17.9 Å². The molecule has 0 aromatic carbocycles. The van der Waals surface area contributed by atoms with Crippen LogP contribution in [-0.4, -0.2) is 37.2 Å². The molecule has 6 nitrogen and oxygen atoms in total. The van der Waals surface area contributed by atoms with Crippen LogP contribution in [-0.2, 0) is 28.6 Å². The molecule has 0 rings (SSSR count). The van der Waals surface area contributed by atoms with E-state index in [1.807, 2.05) is 72.9 Å². The fraction of sp³-hybridized carbons (Fsp3) is 0.683. The standard InChI is InChI=1S/C60H100O6/c1-4-7-10-13-16-19-22-24-26-28-30-32-34-36-38-41-44-47-50-53-59(62)65-56-57(55-64-58(61)52-49-46-43-40-21-18-15-12-9-6-3)66-60(63)54-51-48-45-42-39-37-35-33-31-29-27-25-23-20-17-14-11-8-5-2/h7,10,13,16,19,22,24,26,28-32,34,36,38,57H,4-6,8-9,11-12,14-15,17-18,20-21,23,25,27,33,35,37,39-56H2,1-3H3/b10-7-,16-13-,22-19-,26-24-,30-28+,31-29-,34-32-,38-36-. The summed E-state index contributed by atoms with van der Waals surface area (Å²) >= 11 is 0. The normalized spacial score (nSPS) is 12.8. The van der Waals surface area contributed by atoms with Crippen LogP contribution in [0.15, 0.2) is 97.2 Å². The van der Waals surface area contributed by atoms with E-state index in [-0.39, 0.29) is 31.1 Å². The first-order chi connectivity index (χ1) is 32.5. The Bertz CT molecular complexity index is 1330. The minimum absolute atomic E-state index is 0.0934. The van der Waals surface area contributed by atoms with Gasteiger partial charge < -0.3 is 14.2 Å². The van der Waals surface area contributed by atoms with Crippen LogP contribution in [0.4, 0.5) is 0 Å². The molecule has 0 saturated heterocycles. The summed E-state index contributed by atoms with van der Waals surface area (Å²) in [6, 6.07) is 0. The van der Waals surface area contributed by atoms with Crippen molar-refractivity contribution in [1.82, 2.24) is 0 Å². The minimum atomic E-state index is -0.797. The van der Waals surface area contributed by atoms with Gasteiger partial charge in [0.15, 0.2) is 6.10 Å². The van der Waals surface area contributed by atoms with Gasteiger partial charge in [0.25, 0.3) is 0 Å². The first kappa shape index (κ1) is 62.3.